The summed E-state index contributed by atoms with van der Waals surface area (Å²) in [4.78, 5) is 96.5. The number of carbonyl (C=O) groups is 7. The number of likely N-dealkylation sites (tertiary alicyclic amines) is 1. The largest absolute Gasteiger partial charge is 0.446 e. The molecule has 2 saturated carbocycles. The monoisotopic (exact) mass is 738 g/mol. The van der Waals surface area contributed by atoms with Crippen molar-refractivity contribution in [2.24, 2.45) is 23.2 Å². The van der Waals surface area contributed by atoms with Crippen LogP contribution in [0.5, 0.6) is 0 Å². The Labute approximate surface area is 312 Å². The number of ether oxygens (including phenoxy) is 1. The van der Waals surface area contributed by atoms with Crippen LogP contribution in [-0.2, 0) is 33.5 Å². The molecular formula is C39H58N6O8. The van der Waals surface area contributed by atoms with Gasteiger partial charge in [-0.1, -0.05) is 83.7 Å². The van der Waals surface area contributed by atoms with Crippen LogP contribution in [0.15, 0.2) is 30.3 Å². The van der Waals surface area contributed by atoms with Gasteiger partial charge in [-0.15, -0.1) is 0 Å². The van der Waals surface area contributed by atoms with Crippen LogP contribution in [-0.4, -0.2) is 103 Å². The summed E-state index contributed by atoms with van der Waals surface area (Å²) in [7, 11) is 3.13. The molecule has 7 atom stereocenters. The molecule has 4 N–H and O–H groups in total. The highest BCUT2D eigenvalue weighted by atomic mass is 16.6. The number of piperidine rings is 1. The molecular weight excluding hydrogens is 680 g/mol. The second kappa shape index (κ2) is 18.0. The summed E-state index contributed by atoms with van der Waals surface area (Å²) < 4.78 is 5.60. The zero-order valence-electron chi connectivity index (χ0n) is 32.2. The number of alkyl carbamates (subject to hydrolysis) is 1. The molecule has 14 nitrogen and oxygen atoms in total. The summed E-state index contributed by atoms with van der Waals surface area (Å²) in [5.74, 6) is -3.78. The van der Waals surface area contributed by atoms with E-state index in [4.69, 9.17) is 4.74 Å². The van der Waals surface area contributed by atoms with E-state index >= 15 is 0 Å². The van der Waals surface area contributed by atoms with Gasteiger partial charge in [-0.05, 0) is 61.3 Å². The number of Topliss-reactive ketones (excluding diaryl/α,β-unsaturated/α-hetero) is 1. The van der Waals surface area contributed by atoms with Crippen molar-refractivity contribution in [3.63, 3.8) is 0 Å². The lowest BCUT2D eigenvalue weighted by molar-refractivity contribution is -0.145. The number of nitrogens with zero attached hydrogens (tertiary/aromatic N) is 2. The van der Waals surface area contributed by atoms with Crippen LogP contribution in [0.2, 0.25) is 0 Å². The van der Waals surface area contributed by atoms with Crippen LogP contribution < -0.4 is 21.3 Å². The molecule has 4 rings (SSSR count). The number of hydrogen-bond donors (Lipinski definition) is 4. The number of nitrogens with one attached hydrogen (secondary N) is 4. The average molecular weight is 739 g/mol. The Hall–Kier alpha value is -4.49. The summed E-state index contributed by atoms with van der Waals surface area (Å²) in [6.45, 7) is 9.29. The number of rotatable bonds is 16. The van der Waals surface area contributed by atoms with Gasteiger partial charge in [0.25, 0.3) is 5.91 Å². The Morgan fingerprint density at radius 3 is 2.21 bits per heavy atom. The van der Waals surface area contributed by atoms with Gasteiger partial charge in [-0.2, -0.15) is 0 Å². The van der Waals surface area contributed by atoms with E-state index in [1.165, 1.54) is 4.90 Å². The fraction of sp³-hybridized carbons (Fsp3) is 0.667. The molecule has 1 unspecified atom stereocenters. The Morgan fingerprint density at radius 1 is 0.943 bits per heavy atom. The van der Waals surface area contributed by atoms with Gasteiger partial charge in [-0.3, -0.25) is 28.8 Å². The van der Waals surface area contributed by atoms with Crippen LogP contribution in [0, 0.1) is 23.2 Å². The van der Waals surface area contributed by atoms with Crippen LogP contribution in [0.3, 0.4) is 0 Å². The predicted molar refractivity (Wildman–Crippen MR) is 197 cm³/mol. The molecule has 0 spiro atoms. The first-order valence-corrected chi connectivity index (χ1v) is 19.0. The van der Waals surface area contributed by atoms with E-state index in [9.17, 15) is 33.6 Å². The Balaban J connectivity index is 1.43. The van der Waals surface area contributed by atoms with Gasteiger partial charge in [-0.25, -0.2) is 4.79 Å². The highest BCUT2D eigenvalue weighted by molar-refractivity contribution is 6.38. The molecule has 1 aromatic carbocycles. The fourth-order valence-corrected chi connectivity index (χ4v) is 7.46. The van der Waals surface area contributed by atoms with Gasteiger partial charge >= 0.3 is 6.09 Å². The second-order valence-electron chi connectivity index (χ2n) is 15.8. The number of amides is 6. The SMILES string of the molecule is CCC[C@H](NC(=O)[C@@H]1[C@H]2C[C@H]2CN1C(=O)[C@@H](NC(=O)O[C@H](C)C(C)C)C1(C)CCCCC1)C(=O)C(=O)NCC(=O)NC(C(=O)N(C)C)c1ccccc1. The summed E-state index contributed by atoms with van der Waals surface area (Å²) in [6, 6.07) is 4.71. The molecule has 53 heavy (non-hydrogen) atoms. The molecule has 0 aromatic heterocycles. The molecule has 3 fully saturated rings. The Morgan fingerprint density at radius 2 is 1.60 bits per heavy atom. The van der Waals surface area contributed by atoms with Crippen LogP contribution in [0.1, 0.15) is 97.6 Å². The summed E-state index contributed by atoms with van der Waals surface area (Å²) in [5, 5.41) is 10.6. The maximum absolute atomic E-state index is 14.4. The van der Waals surface area contributed by atoms with E-state index < -0.39 is 65.7 Å². The van der Waals surface area contributed by atoms with E-state index in [1.807, 2.05) is 27.7 Å². The fourth-order valence-electron chi connectivity index (χ4n) is 7.46. The summed E-state index contributed by atoms with van der Waals surface area (Å²) >= 11 is 0. The summed E-state index contributed by atoms with van der Waals surface area (Å²) in [5.41, 5.74) is 0.0236. The Bertz CT molecular complexity index is 1510. The number of ketones is 1. The summed E-state index contributed by atoms with van der Waals surface area (Å²) in [6.07, 6.45) is 4.70. The first kappa shape index (κ1) is 41.3. The first-order valence-electron chi connectivity index (χ1n) is 19.0. The number of hydrogen-bond acceptors (Lipinski definition) is 8. The van der Waals surface area contributed by atoms with Crippen molar-refractivity contribution in [3.05, 3.63) is 35.9 Å². The molecule has 292 valence electrons. The number of carbonyl (C=O) groups excluding carboxylic acids is 7. The third kappa shape index (κ3) is 10.3. The normalized spacial score (nSPS) is 22.3. The van der Waals surface area contributed by atoms with Gasteiger partial charge in [0.2, 0.25) is 29.4 Å². The minimum atomic E-state index is -1.19. The lowest BCUT2D eigenvalue weighted by atomic mass is 9.70. The minimum absolute atomic E-state index is 0.0858. The minimum Gasteiger partial charge on any atom is -0.446 e. The molecule has 2 aliphatic carbocycles. The van der Waals surface area contributed by atoms with Crippen molar-refractivity contribution in [1.29, 1.82) is 0 Å². The van der Waals surface area contributed by atoms with E-state index in [0.29, 0.717) is 18.5 Å². The van der Waals surface area contributed by atoms with Crippen LogP contribution >= 0.6 is 0 Å². The van der Waals surface area contributed by atoms with Crippen molar-refractivity contribution in [1.82, 2.24) is 31.1 Å². The highest BCUT2D eigenvalue weighted by Crippen LogP contribution is 2.50. The van der Waals surface area contributed by atoms with Gasteiger partial charge in [0.05, 0.1) is 12.6 Å². The lowest BCUT2D eigenvalue weighted by Gasteiger charge is -2.42. The molecule has 6 amide bonds. The highest BCUT2D eigenvalue weighted by Gasteiger charge is 2.59. The van der Waals surface area contributed by atoms with Crippen molar-refractivity contribution >= 4 is 41.4 Å². The first-order chi connectivity index (χ1) is 25.1. The quantitative estimate of drug-likeness (QED) is 0.187. The molecule has 0 radical (unpaired) electrons. The van der Waals surface area contributed by atoms with Crippen LogP contribution in [0.4, 0.5) is 4.79 Å². The van der Waals surface area contributed by atoms with E-state index in [2.05, 4.69) is 21.3 Å². The topological polar surface area (TPSA) is 183 Å². The molecule has 1 aromatic rings. The number of likely N-dealkylation sites (N-methyl/N-ethyl adjacent to an activating group) is 1. The third-order valence-corrected chi connectivity index (χ3v) is 11.1. The van der Waals surface area contributed by atoms with Gasteiger partial charge in [0.1, 0.15) is 24.2 Å². The standard InChI is InChI=1S/C39H58N6O8/c1-8-15-28(32(47)35(49)40-21-29(46)42-30(36(50)44(6)7)25-16-11-9-12-17-25)41-34(48)31-27-20-26(27)22-45(31)37(51)33(39(5)18-13-10-14-19-39)43-38(52)53-24(4)23(2)3/h9,11-12,16-17,23-24,26-28,30-31,33H,8,10,13-15,18-22H2,1-7H3,(H,40,49)(H,41,48)(H,42,46)(H,43,52)/t24-,26+,27+,28+,30?,31+,33-/m1/s1. The van der Waals surface area contributed by atoms with Gasteiger partial charge in [0.15, 0.2) is 0 Å². The maximum Gasteiger partial charge on any atom is 0.408 e. The van der Waals surface area contributed by atoms with Crippen molar-refractivity contribution in [3.8, 4) is 0 Å². The molecule has 3 aliphatic rings. The molecule has 14 heteroatoms. The van der Waals surface area contributed by atoms with Crippen molar-refractivity contribution < 1.29 is 38.3 Å². The van der Waals surface area contributed by atoms with Gasteiger partial charge < -0.3 is 35.8 Å². The van der Waals surface area contributed by atoms with E-state index in [0.717, 1.165) is 38.5 Å². The smallest absolute Gasteiger partial charge is 0.408 e. The van der Waals surface area contributed by atoms with Crippen molar-refractivity contribution in [2.75, 3.05) is 27.2 Å². The lowest BCUT2D eigenvalue weighted by Crippen LogP contribution is -2.61. The molecule has 1 heterocycles. The second-order valence-corrected chi connectivity index (χ2v) is 15.8. The maximum atomic E-state index is 14.4. The van der Waals surface area contributed by atoms with Gasteiger partial charge in [0, 0.05) is 20.6 Å². The third-order valence-electron chi connectivity index (χ3n) is 11.1. The average Bonchev–Trinajstić information content (AvgIpc) is 3.79. The van der Waals surface area contributed by atoms with Crippen molar-refractivity contribution in [2.45, 2.75) is 116 Å². The molecule has 1 aliphatic heterocycles. The number of fused-ring (bicyclic) bond motifs is 1. The molecule has 1 saturated heterocycles. The zero-order chi connectivity index (χ0) is 39.0. The predicted octanol–water partition coefficient (Wildman–Crippen LogP) is 2.86. The van der Waals surface area contributed by atoms with E-state index in [1.54, 1.807) is 56.3 Å². The van der Waals surface area contributed by atoms with E-state index in [-0.39, 0.29) is 42.1 Å². The zero-order valence-corrected chi connectivity index (χ0v) is 32.2. The van der Waals surface area contributed by atoms with Crippen LogP contribution in [0.25, 0.3) is 0 Å². The number of benzene rings is 1. The Kier molecular flexibility index (Phi) is 14.0. The molecule has 0 bridgehead atoms.